The first-order valence-electron chi connectivity index (χ1n) is 24.3. The number of aliphatic hydroxyl groups excluding tert-OH is 1. The van der Waals surface area contributed by atoms with Gasteiger partial charge >= 0.3 is 5.97 Å². The molecule has 14 heteroatoms. The molecule has 14 nitrogen and oxygen atoms in total. The van der Waals surface area contributed by atoms with Crippen molar-refractivity contribution in [1.82, 2.24) is 4.90 Å². The molecule has 3 heterocycles. The number of ketones is 3. The van der Waals surface area contributed by atoms with Crippen molar-refractivity contribution in [3.05, 3.63) is 47.6 Å². The third-order valence-corrected chi connectivity index (χ3v) is 14.8. The van der Waals surface area contributed by atoms with Crippen LogP contribution >= 0.6 is 0 Å². The number of esters is 1. The minimum atomic E-state index is -2.42. The zero-order valence-electron chi connectivity index (χ0n) is 41.6. The first-order chi connectivity index (χ1) is 31.3. The van der Waals surface area contributed by atoms with Crippen LogP contribution in [0, 0.1) is 35.5 Å². The molecule has 0 aromatic heterocycles. The fourth-order valence-electron chi connectivity index (χ4n) is 10.4. The van der Waals surface area contributed by atoms with Crippen molar-refractivity contribution in [2.24, 2.45) is 35.5 Å². The SMILES string of the molecule is COC1CC2CCC(C)C(O)(O2)C(=O)C(=O)N2CCCCC2C(=O)OC(C(C)CC2CCC(OC)C(OC)C2)CC(=O)C(C)/C=C(/C)C(O)C(OC)C(=O)C(C)CC(C)\C=C/C=C\C=C/1C. The van der Waals surface area contributed by atoms with E-state index in [0.29, 0.717) is 50.5 Å². The number of hydrogen-bond acceptors (Lipinski definition) is 13. The molecule has 2 saturated heterocycles. The van der Waals surface area contributed by atoms with Crippen molar-refractivity contribution in [2.45, 2.75) is 180 Å². The molecule has 2 N–H and O–H groups in total. The fraction of sp³-hybridized carbons (Fsp3) is 0.750. The van der Waals surface area contributed by atoms with E-state index in [1.165, 1.54) is 12.0 Å². The highest BCUT2D eigenvalue weighted by Crippen LogP contribution is 2.38. The van der Waals surface area contributed by atoms with Gasteiger partial charge in [0.2, 0.25) is 5.79 Å². The van der Waals surface area contributed by atoms with Gasteiger partial charge in [0.15, 0.2) is 5.78 Å². The molecule has 0 aromatic carbocycles. The number of ether oxygens (including phenoxy) is 6. The first kappa shape index (κ1) is 55.2. The zero-order valence-corrected chi connectivity index (χ0v) is 41.6. The van der Waals surface area contributed by atoms with E-state index in [1.54, 1.807) is 48.2 Å². The number of piperidine rings is 1. The lowest BCUT2D eigenvalue weighted by molar-refractivity contribution is -0.265. The molecule has 0 spiro atoms. The van der Waals surface area contributed by atoms with E-state index in [4.69, 9.17) is 28.4 Å². The average Bonchev–Trinajstić information content (AvgIpc) is 3.30. The van der Waals surface area contributed by atoms with Crippen LogP contribution in [0.1, 0.15) is 126 Å². The molecule has 2 bridgehead atoms. The highest BCUT2D eigenvalue weighted by Gasteiger charge is 2.53. The lowest BCUT2D eigenvalue weighted by Gasteiger charge is -2.42. The number of carbonyl (C=O) groups excluding carboxylic acids is 5. The fourth-order valence-corrected chi connectivity index (χ4v) is 10.4. The summed E-state index contributed by atoms with van der Waals surface area (Å²) in [5.74, 6) is -7.72. The van der Waals surface area contributed by atoms with E-state index in [1.807, 2.05) is 58.1 Å². The van der Waals surface area contributed by atoms with Gasteiger partial charge in [0.1, 0.15) is 30.1 Å². The smallest absolute Gasteiger partial charge is 0.329 e. The summed E-state index contributed by atoms with van der Waals surface area (Å²) >= 11 is 0. The molecule has 4 rings (SSSR count). The molecule has 372 valence electrons. The maximum Gasteiger partial charge on any atom is 0.329 e. The summed E-state index contributed by atoms with van der Waals surface area (Å²) in [6.07, 6.45) is 12.7. The highest BCUT2D eigenvalue weighted by atomic mass is 16.6. The van der Waals surface area contributed by atoms with Crippen molar-refractivity contribution in [2.75, 3.05) is 35.0 Å². The van der Waals surface area contributed by atoms with Crippen LogP contribution in [0.15, 0.2) is 47.6 Å². The average molecular weight is 928 g/mol. The van der Waals surface area contributed by atoms with Crippen molar-refractivity contribution >= 4 is 29.2 Å². The first-order valence-corrected chi connectivity index (χ1v) is 24.3. The number of fused-ring (bicyclic) bond motifs is 3. The molecular formula is C52H81NO13. The molecule has 3 aliphatic heterocycles. The highest BCUT2D eigenvalue weighted by molar-refractivity contribution is 6.39. The van der Waals surface area contributed by atoms with Gasteiger partial charge < -0.3 is 43.5 Å². The standard InChI is InChI=1S/C52H81NO13/c1-31-17-13-12-14-18-32(2)43(62-9)29-39-22-20-37(7)52(60,66-39)49(57)50(58)53-24-16-15-19-40(53)51(59)65-44(34(4)27-38-21-23-42(61-8)45(28-38)63-10)30-41(54)33(3)26-36(6)47(56)48(64-11)46(55)35(5)25-31/h12-14,17-18,26,31,33-35,37-40,42-45,47-48,56,60H,15-16,19-25,27-30H2,1-11H3/b14-12-,17-13-,32-18-,36-26-. The van der Waals surface area contributed by atoms with Gasteiger partial charge in [-0.25, -0.2) is 4.79 Å². The monoisotopic (exact) mass is 928 g/mol. The number of nitrogens with zero attached hydrogens (tertiary/aromatic N) is 1. The van der Waals surface area contributed by atoms with Crippen LogP contribution in [-0.2, 0) is 52.4 Å². The van der Waals surface area contributed by atoms with Crippen molar-refractivity contribution in [1.29, 1.82) is 0 Å². The largest absolute Gasteiger partial charge is 0.460 e. The van der Waals surface area contributed by atoms with E-state index < -0.39 is 77.8 Å². The number of carbonyl (C=O) groups is 5. The summed E-state index contributed by atoms with van der Waals surface area (Å²) in [7, 11) is 6.31. The lowest BCUT2D eigenvalue weighted by Crippen LogP contribution is -2.61. The molecular weight excluding hydrogens is 847 g/mol. The number of methoxy groups -OCH3 is 4. The molecule has 4 aliphatic rings. The predicted octanol–water partition coefficient (Wildman–Crippen LogP) is 6.83. The van der Waals surface area contributed by atoms with Crippen molar-refractivity contribution in [3.8, 4) is 0 Å². The number of amides is 1. The van der Waals surface area contributed by atoms with Gasteiger partial charge in [-0.2, -0.15) is 0 Å². The van der Waals surface area contributed by atoms with Crippen molar-refractivity contribution in [3.63, 3.8) is 0 Å². The van der Waals surface area contributed by atoms with Crippen LogP contribution in [0.5, 0.6) is 0 Å². The molecule has 0 aromatic rings. The van der Waals surface area contributed by atoms with E-state index >= 15 is 0 Å². The van der Waals surface area contributed by atoms with Gasteiger partial charge in [-0.15, -0.1) is 0 Å². The number of allylic oxidation sites excluding steroid dienone is 6. The van der Waals surface area contributed by atoms with Crippen LogP contribution in [0.3, 0.4) is 0 Å². The number of Topliss-reactive ketones (excluding diaryl/α,β-unsaturated/α-hetero) is 3. The van der Waals surface area contributed by atoms with Crippen LogP contribution in [0.4, 0.5) is 0 Å². The summed E-state index contributed by atoms with van der Waals surface area (Å²) < 4.78 is 35.3. The minimum absolute atomic E-state index is 0.0246. The molecule has 1 saturated carbocycles. The summed E-state index contributed by atoms with van der Waals surface area (Å²) in [4.78, 5) is 72.0. The van der Waals surface area contributed by atoms with E-state index in [-0.39, 0.29) is 60.9 Å². The molecule has 3 fully saturated rings. The Kier molecular flexibility index (Phi) is 21.6. The molecule has 1 amide bonds. The van der Waals surface area contributed by atoms with E-state index in [2.05, 4.69) is 0 Å². The van der Waals surface area contributed by atoms with Gasteiger partial charge in [0, 0.05) is 65.6 Å². The second-order valence-electron chi connectivity index (χ2n) is 19.8. The Morgan fingerprint density at radius 3 is 2.20 bits per heavy atom. The Morgan fingerprint density at radius 2 is 1.53 bits per heavy atom. The zero-order chi connectivity index (χ0) is 48.9. The summed E-state index contributed by atoms with van der Waals surface area (Å²) in [5, 5.41) is 23.4. The Balaban J connectivity index is 1.70. The predicted molar refractivity (Wildman–Crippen MR) is 250 cm³/mol. The van der Waals surface area contributed by atoms with Crippen LogP contribution in [0.2, 0.25) is 0 Å². The van der Waals surface area contributed by atoms with Gasteiger partial charge in [0.05, 0.1) is 24.4 Å². The van der Waals surface area contributed by atoms with Crippen LogP contribution < -0.4 is 0 Å². The summed E-state index contributed by atoms with van der Waals surface area (Å²) in [5.41, 5.74) is 1.29. The summed E-state index contributed by atoms with van der Waals surface area (Å²) in [6, 6.07) is -1.12. The minimum Gasteiger partial charge on any atom is -0.460 e. The quantitative estimate of drug-likeness (QED) is 0.154. The Bertz CT molecular complexity index is 1770. The van der Waals surface area contributed by atoms with Crippen molar-refractivity contribution < 1.29 is 62.6 Å². The maximum absolute atomic E-state index is 14.4. The number of cyclic esters (lactones) is 1. The Hall–Kier alpha value is -3.37. The second-order valence-corrected chi connectivity index (χ2v) is 19.8. The number of hydrogen-bond donors (Lipinski definition) is 2. The van der Waals surface area contributed by atoms with Crippen LogP contribution in [-0.4, -0.2) is 134 Å². The number of aliphatic hydroxyl groups is 2. The Labute approximate surface area is 393 Å². The van der Waals surface area contributed by atoms with Gasteiger partial charge in [0.25, 0.3) is 11.7 Å². The third kappa shape index (κ3) is 14.3. The van der Waals surface area contributed by atoms with E-state index in [0.717, 1.165) is 24.8 Å². The van der Waals surface area contributed by atoms with Gasteiger partial charge in [-0.3, -0.25) is 19.2 Å². The topological polar surface area (TPSA) is 184 Å². The molecule has 66 heavy (non-hydrogen) atoms. The van der Waals surface area contributed by atoms with E-state index in [9.17, 15) is 34.2 Å². The Morgan fingerprint density at radius 1 is 0.818 bits per heavy atom. The van der Waals surface area contributed by atoms with Gasteiger partial charge in [-0.05, 0) is 107 Å². The molecule has 0 radical (unpaired) electrons. The number of rotatable bonds is 7. The molecule has 15 atom stereocenters. The van der Waals surface area contributed by atoms with Gasteiger partial charge in [-0.1, -0.05) is 71.1 Å². The maximum atomic E-state index is 14.4. The second kappa shape index (κ2) is 25.8. The third-order valence-electron chi connectivity index (χ3n) is 14.8. The molecule has 1 aliphatic carbocycles. The van der Waals surface area contributed by atoms with Crippen LogP contribution in [0.25, 0.3) is 0 Å². The summed E-state index contributed by atoms with van der Waals surface area (Å²) in [6.45, 7) is 12.8. The normalized spacial score (nSPS) is 40.0. The lowest BCUT2D eigenvalue weighted by atomic mass is 9.78. The molecule has 15 unspecified atom stereocenters.